The van der Waals surface area contributed by atoms with Gasteiger partial charge >= 0.3 is 0 Å². The zero-order valence-corrected chi connectivity index (χ0v) is 17.7. The SMILES string of the molecule is CCc1ccc([C@H]2C(C#N)=C(N)C(C#N)(C#N)C3=CC[C@H](C(C)(C)C)C[C@H]32)cc1. The van der Waals surface area contributed by atoms with Gasteiger partial charge in [-0.05, 0) is 53.2 Å². The van der Waals surface area contributed by atoms with E-state index < -0.39 is 5.41 Å². The van der Waals surface area contributed by atoms with Crippen LogP contribution in [0.2, 0.25) is 0 Å². The average molecular weight is 385 g/mol. The molecule has 2 N–H and O–H groups in total. The van der Waals surface area contributed by atoms with Crippen molar-refractivity contribution in [2.24, 2.45) is 28.4 Å². The van der Waals surface area contributed by atoms with Crippen molar-refractivity contribution in [3.63, 3.8) is 0 Å². The number of rotatable bonds is 2. The molecule has 1 aromatic rings. The fourth-order valence-electron chi connectivity index (χ4n) is 4.89. The lowest BCUT2D eigenvalue weighted by Gasteiger charge is -2.46. The predicted molar refractivity (Wildman–Crippen MR) is 113 cm³/mol. The summed E-state index contributed by atoms with van der Waals surface area (Å²) in [5, 5.41) is 30.0. The van der Waals surface area contributed by atoms with Gasteiger partial charge in [-0.25, -0.2) is 0 Å². The number of benzene rings is 1. The van der Waals surface area contributed by atoms with Crippen LogP contribution in [-0.2, 0) is 6.42 Å². The Balaban J connectivity index is 2.25. The summed E-state index contributed by atoms with van der Waals surface area (Å²) in [5.41, 5.74) is 8.44. The molecule has 29 heavy (non-hydrogen) atoms. The number of aryl methyl sites for hydroxylation is 1. The molecule has 148 valence electrons. The Kier molecular flexibility index (Phi) is 5.30. The molecule has 2 aliphatic rings. The smallest absolute Gasteiger partial charge is 0.204 e. The topological polar surface area (TPSA) is 97.4 Å². The molecule has 4 heteroatoms. The molecule has 0 aromatic heterocycles. The standard InChI is InChI=1S/C25H28N4/c1-5-16-6-8-17(9-7-16)22-19-12-18(24(2,3)4)10-11-21(19)25(14-27,15-28)23(29)20(22)13-26/h6-9,11,18-19,22H,5,10,12,29H2,1-4H3/t18-,19+,22+/m0/s1. The molecule has 0 radical (unpaired) electrons. The van der Waals surface area contributed by atoms with Crippen LogP contribution in [0.15, 0.2) is 47.2 Å². The van der Waals surface area contributed by atoms with Crippen LogP contribution in [0.3, 0.4) is 0 Å². The number of hydrogen-bond acceptors (Lipinski definition) is 4. The molecule has 1 aromatic carbocycles. The van der Waals surface area contributed by atoms with Crippen molar-refractivity contribution < 1.29 is 0 Å². The van der Waals surface area contributed by atoms with Crippen molar-refractivity contribution in [1.82, 2.24) is 0 Å². The van der Waals surface area contributed by atoms with E-state index in [-0.39, 0.29) is 22.9 Å². The lowest BCUT2D eigenvalue weighted by Crippen LogP contribution is -2.43. The Labute approximate surface area is 173 Å². The Bertz CT molecular complexity index is 970. The van der Waals surface area contributed by atoms with Crippen molar-refractivity contribution in [2.75, 3.05) is 0 Å². The highest BCUT2D eigenvalue weighted by Gasteiger charge is 2.53. The van der Waals surface area contributed by atoms with Gasteiger partial charge < -0.3 is 5.73 Å². The third-order valence-corrected chi connectivity index (χ3v) is 6.83. The molecule has 3 atom stereocenters. The fraction of sp³-hybridized carbons (Fsp3) is 0.480. The van der Waals surface area contributed by atoms with Gasteiger partial charge in [0, 0.05) is 5.92 Å². The first-order valence-corrected chi connectivity index (χ1v) is 10.3. The lowest BCUT2D eigenvalue weighted by molar-refractivity contribution is 0.180. The minimum absolute atomic E-state index is 0.0818. The maximum absolute atomic E-state index is 10.0. The van der Waals surface area contributed by atoms with Crippen LogP contribution in [0, 0.1) is 56.7 Å². The average Bonchev–Trinajstić information content (AvgIpc) is 2.72. The number of nitrogens with zero attached hydrogens (tertiary/aromatic N) is 3. The monoisotopic (exact) mass is 384 g/mol. The summed E-state index contributed by atoms with van der Waals surface area (Å²) >= 11 is 0. The summed E-state index contributed by atoms with van der Waals surface area (Å²) < 4.78 is 0. The van der Waals surface area contributed by atoms with Crippen LogP contribution < -0.4 is 5.73 Å². The first kappa shape index (κ1) is 20.7. The zero-order valence-electron chi connectivity index (χ0n) is 17.7. The number of hydrogen-bond donors (Lipinski definition) is 1. The van der Waals surface area contributed by atoms with Crippen LogP contribution in [0.25, 0.3) is 0 Å². The normalized spacial score (nSPS) is 25.8. The van der Waals surface area contributed by atoms with E-state index in [0.717, 1.165) is 30.4 Å². The van der Waals surface area contributed by atoms with E-state index in [0.29, 0.717) is 11.5 Å². The second-order valence-corrected chi connectivity index (χ2v) is 9.29. The number of fused-ring (bicyclic) bond motifs is 1. The first-order chi connectivity index (χ1) is 13.7. The van der Waals surface area contributed by atoms with Crippen LogP contribution in [0.4, 0.5) is 0 Å². The maximum Gasteiger partial charge on any atom is 0.204 e. The van der Waals surface area contributed by atoms with Crippen LogP contribution >= 0.6 is 0 Å². The summed E-state index contributed by atoms with van der Waals surface area (Å²) in [6.45, 7) is 8.78. The van der Waals surface area contributed by atoms with E-state index in [1.54, 1.807) is 0 Å². The maximum atomic E-state index is 10.0. The number of nitrogens with two attached hydrogens (primary N) is 1. The Morgan fingerprint density at radius 3 is 2.21 bits per heavy atom. The van der Waals surface area contributed by atoms with Gasteiger partial charge in [-0.2, -0.15) is 15.8 Å². The van der Waals surface area contributed by atoms with Gasteiger partial charge in [0.1, 0.15) is 0 Å². The Hall–Kier alpha value is -3.03. The second kappa shape index (κ2) is 7.42. The highest BCUT2D eigenvalue weighted by Crippen LogP contribution is 2.57. The van der Waals surface area contributed by atoms with Crippen molar-refractivity contribution in [1.29, 1.82) is 15.8 Å². The van der Waals surface area contributed by atoms with Gasteiger partial charge in [0.15, 0.2) is 0 Å². The molecular weight excluding hydrogens is 356 g/mol. The summed E-state index contributed by atoms with van der Waals surface area (Å²) in [4.78, 5) is 0. The molecule has 3 rings (SSSR count). The minimum Gasteiger partial charge on any atom is -0.399 e. The molecule has 0 aliphatic heterocycles. The van der Waals surface area contributed by atoms with E-state index in [1.165, 1.54) is 5.56 Å². The molecule has 0 spiro atoms. The fourth-order valence-corrected chi connectivity index (χ4v) is 4.89. The van der Waals surface area contributed by atoms with Crippen LogP contribution in [-0.4, -0.2) is 0 Å². The molecule has 0 saturated heterocycles. The van der Waals surface area contributed by atoms with Gasteiger partial charge in [-0.1, -0.05) is 58.0 Å². The Morgan fingerprint density at radius 1 is 1.10 bits per heavy atom. The minimum atomic E-state index is -1.54. The second-order valence-electron chi connectivity index (χ2n) is 9.29. The van der Waals surface area contributed by atoms with Gasteiger partial charge in [-0.3, -0.25) is 0 Å². The van der Waals surface area contributed by atoms with Crippen LogP contribution in [0.1, 0.15) is 57.6 Å². The predicted octanol–water partition coefficient (Wildman–Crippen LogP) is 5.11. The molecule has 0 amide bonds. The molecule has 0 fully saturated rings. The van der Waals surface area contributed by atoms with Crippen molar-refractivity contribution in [3.8, 4) is 18.2 Å². The van der Waals surface area contributed by atoms with Gasteiger partial charge in [0.25, 0.3) is 0 Å². The van der Waals surface area contributed by atoms with Gasteiger partial charge in [0.2, 0.25) is 5.41 Å². The van der Waals surface area contributed by atoms with Crippen molar-refractivity contribution in [3.05, 3.63) is 58.3 Å². The van der Waals surface area contributed by atoms with Crippen molar-refractivity contribution >= 4 is 0 Å². The van der Waals surface area contributed by atoms with E-state index in [1.807, 2.05) is 0 Å². The Morgan fingerprint density at radius 2 is 1.72 bits per heavy atom. The molecule has 4 nitrogen and oxygen atoms in total. The molecule has 0 unspecified atom stereocenters. The largest absolute Gasteiger partial charge is 0.399 e. The van der Waals surface area contributed by atoms with E-state index in [9.17, 15) is 15.8 Å². The summed E-state index contributed by atoms with van der Waals surface area (Å²) in [5.74, 6) is 0.0989. The first-order valence-electron chi connectivity index (χ1n) is 10.3. The lowest BCUT2D eigenvalue weighted by atomic mass is 9.55. The summed E-state index contributed by atoms with van der Waals surface area (Å²) in [6, 6.07) is 14.9. The number of allylic oxidation sites excluding steroid dienone is 3. The van der Waals surface area contributed by atoms with Crippen molar-refractivity contribution in [2.45, 2.75) is 52.9 Å². The van der Waals surface area contributed by atoms with E-state index >= 15 is 0 Å². The summed E-state index contributed by atoms with van der Waals surface area (Å²) in [7, 11) is 0. The van der Waals surface area contributed by atoms with Gasteiger partial charge in [0.05, 0.1) is 29.5 Å². The molecule has 0 saturated carbocycles. The number of nitriles is 3. The quantitative estimate of drug-likeness (QED) is 0.716. The molecule has 0 bridgehead atoms. The third-order valence-electron chi connectivity index (χ3n) is 6.83. The molecular formula is C25H28N4. The highest BCUT2D eigenvalue weighted by atomic mass is 14.7. The molecule has 0 heterocycles. The van der Waals surface area contributed by atoms with Crippen LogP contribution in [0.5, 0.6) is 0 Å². The van der Waals surface area contributed by atoms with E-state index in [4.69, 9.17) is 5.73 Å². The summed E-state index contributed by atoms with van der Waals surface area (Å²) in [6.07, 6.45) is 4.65. The van der Waals surface area contributed by atoms with Gasteiger partial charge in [-0.15, -0.1) is 0 Å². The molecule has 2 aliphatic carbocycles. The van der Waals surface area contributed by atoms with E-state index in [2.05, 4.69) is 76.2 Å². The zero-order chi connectivity index (χ0) is 21.4. The third kappa shape index (κ3) is 3.22. The highest BCUT2D eigenvalue weighted by molar-refractivity contribution is 5.58.